The summed E-state index contributed by atoms with van der Waals surface area (Å²) in [4.78, 5) is 7.25. The van der Waals surface area contributed by atoms with Gasteiger partial charge in [0.1, 0.15) is 5.82 Å². The number of anilines is 1. The third kappa shape index (κ3) is 4.18. The number of morpholine rings is 1. The number of halogens is 1. The number of nitrogens with one attached hydrogen (secondary N) is 1. The maximum atomic E-state index is 13.3. The molecule has 0 atom stereocenters. The van der Waals surface area contributed by atoms with E-state index in [1.54, 1.807) is 0 Å². The van der Waals surface area contributed by atoms with Gasteiger partial charge in [-0.15, -0.1) is 0 Å². The van der Waals surface area contributed by atoms with Crippen LogP contribution in [0.1, 0.15) is 16.7 Å². The van der Waals surface area contributed by atoms with E-state index >= 15 is 0 Å². The van der Waals surface area contributed by atoms with Crippen molar-refractivity contribution in [1.29, 1.82) is 0 Å². The van der Waals surface area contributed by atoms with Crippen LogP contribution in [-0.4, -0.2) is 53.8 Å². The van der Waals surface area contributed by atoms with Crippen LogP contribution in [0.25, 0.3) is 11.0 Å². The molecular formula is C22H27FN4O. The lowest BCUT2D eigenvalue weighted by Gasteiger charge is -2.26. The van der Waals surface area contributed by atoms with Crippen molar-refractivity contribution < 1.29 is 9.13 Å². The molecule has 0 amide bonds. The van der Waals surface area contributed by atoms with Gasteiger partial charge in [0.05, 0.1) is 30.8 Å². The zero-order valence-corrected chi connectivity index (χ0v) is 16.5. The number of imidazole rings is 1. The van der Waals surface area contributed by atoms with Gasteiger partial charge in [-0.05, 0) is 54.8 Å². The third-order valence-electron chi connectivity index (χ3n) is 5.43. The summed E-state index contributed by atoms with van der Waals surface area (Å²) < 4.78 is 20.9. The summed E-state index contributed by atoms with van der Waals surface area (Å²) in [7, 11) is 0. The molecule has 1 aliphatic heterocycles. The van der Waals surface area contributed by atoms with E-state index in [1.165, 1.54) is 23.3 Å². The number of fused-ring (bicyclic) bond motifs is 1. The molecule has 3 aromatic rings. The molecule has 1 fully saturated rings. The average molecular weight is 382 g/mol. The van der Waals surface area contributed by atoms with Crippen molar-refractivity contribution in [2.75, 3.05) is 44.7 Å². The average Bonchev–Trinajstić information content (AvgIpc) is 3.01. The molecule has 5 nitrogen and oxygen atoms in total. The van der Waals surface area contributed by atoms with Crippen molar-refractivity contribution in [2.45, 2.75) is 20.4 Å². The lowest BCUT2D eigenvalue weighted by atomic mass is 10.1. The summed E-state index contributed by atoms with van der Waals surface area (Å²) in [6.45, 7) is 10.2. The van der Waals surface area contributed by atoms with E-state index < -0.39 is 0 Å². The van der Waals surface area contributed by atoms with Crippen LogP contribution in [0, 0.1) is 19.7 Å². The van der Waals surface area contributed by atoms with Gasteiger partial charge >= 0.3 is 0 Å². The first-order valence-electron chi connectivity index (χ1n) is 9.86. The summed E-state index contributed by atoms with van der Waals surface area (Å²) >= 11 is 0. The van der Waals surface area contributed by atoms with Crippen molar-refractivity contribution >= 4 is 17.0 Å². The number of benzene rings is 2. The van der Waals surface area contributed by atoms with Gasteiger partial charge in [-0.1, -0.05) is 12.1 Å². The fourth-order valence-electron chi connectivity index (χ4n) is 3.60. The van der Waals surface area contributed by atoms with Gasteiger partial charge in [0.2, 0.25) is 5.95 Å². The van der Waals surface area contributed by atoms with Gasteiger partial charge < -0.3 is 14.6 Å². The van der Waals surface area contributed by atoms with Crippen LogP contribution >= 0.6 is 0 Å². The lowest BCUT2D eigenvalue weighted by Crippen LogP contribution is -2.39. The minimum atomic E-state index is -0.213. The number of hydrogen-bond acceptors (Lipinski definition) is 4. The molecule has 0 unspecified atom stereocenters. The molecule has 4 rings (SSSR count). The van der Waals surface area contributed by atoms with Crippen LogP contribution < -0.4 is 5.32 Å². The molecule has 148 valence electrons. The molecule has 2 aromatic carbocycles. The Labute approximate surface area is 165 Å². The molecule has 0 bridgehead atoms. The predicted molar refractivity (Wildman–Crippen MR) is 110 cm³/mol. The number of aryl methyl sites for hydroxylation is 2. The minimum absolute atomic E-state index is 0.213. The van der Waals surface area contributed by atoms with Crippen molar-refractivity contribution in [1.82, 2.24) is 14.5 Å². The first-order valence-corrected chi connectivity index (χ1v) is 9.86. The summed E-state index contributed by atoms with van der Waals surface area (Å²) in [5.41, 5.74) is 5.61. The Morgan fingerprint density at radius 3 is 2.54 bits per heavy atom. The quantitative estimate of drug-likeness (QED) is 0.708. The first-order chi connectivity index (χ1) is 13.6. The summed E-state index contributed by atoms with van der Waals surface area (Å²) in [5, 5.41) is 3.52. The second kappa shape index (κ2) is 8.29. The van der Waals surface area contributed by atoms with Crippen molar-refractivity contribution in [3.63, 3.8) is 0 Å². The maximum Gasteiger partial charge on any atom is 0.204 e. The summed E-state index contributed by atoms with van der Waals surface area (Å²) in [5.74, 6) is 0.646. The Morgan fingerprint density at radius 1 is 1.07 bits per heavy atom. The molecule has 0 aliphatic carbocycles. The second-order valence-electron chi connectivity index (χ2n) is 7.45. The molecule has 28 heavy (non-hydrogen) atoms. The lowest BCUT2D eigenvalue weighted by molar-refractivity contribution is 0.0398. The van der Waals surface area contributed by atoms with Crippen molar-refractivity contribution in [3.05, 3.63) is 58.9 Å². The number of aromatic nitrogens is 2. The van der Waals surface area contributed by atoms with E-state index in [4.69, 9.17) is 9.72 Å². The molecule has 2 heterocycles. The highest BCUT2D eigenvalue weighted by Crippen LogP contribution is 2.24. The van der Waals surface area contributed by atoms with Crippen LogP contribution in [0.2, 0.25) is 0 Å². The number of ether oxygens (including phenoxy) is 1. The molecule has 6 heteroatoms. The Hall–Kier alpha value is -2.44. The fraction of sp³-hybridized carbons (Fsp3) is 0.409. The zero-order chi connectivity index (χ0) is 19.5. The molecular weight excluding hydrogens is 355 g/mol. The van der Waals surface area contributed by atoms with E-state index in [1.807, 2.05) is 12.1 Å². The molecule has 1 N–H and O–H groups in total. The minimum Gasteiger partial charge on any atom is -0.379 e. The highest BCUT2D eigenvalue weighted by Gasteiger charge is 2.14. The maximum absolute atomic E-state index is 13.3. The van der Waals surface area contributed by atoms with Gasteiger partial charge in [0.25, 0.3) is 0 Å². The van der Waals surface area contributed by atoms with Gasteiger partial charge in [-0.25, -0.2) is 9.37 Å². The highest BCUT2D eigenvalue weighted by atomic mass is 19.1. The largest absolute Gasteiger partial charge is 0.379 e. The summed E-state index contributed by atoms with van der Waals surface area (Å²) in [6, 6.07) is 11.0. The van der Waals surface area contributed by atoms with Gasteiger partial charge in [-0.3, -0.25) is 4.90 Å². The SMILES string of the molecule is Cc1cc2nc(NCCN3CCOCC3)n(Cc3ccc(F)cc3)c2cc1C. The summed E-state index contributed by atoms with van der Waals surface area (Å²) in [6.07, 6.45) is 0. The van der Waals surface area contributed by atoms with Crippen molar-refractivity contribution in [2.24, 2.45) is 0 Å². The second-order valence-corrected chi connectivity index (χ2v) is 7.45. The van der Waals surface area contributed by atoms with Gasteiger partial charge in [0, 0.05) is 26.2 Å². The standard InChI is InChI=1S/C22H27FN4O/c1-16-13-20-21(14-17(16)2)27(15-18-3-5-19(23)6-4-18)22(25-20)24-7-8-26-9-11-28-12-10-26/h3-6,13-14H,7-12,15H2,1-2H3,(H,24,25). The smallest absolute Gasteiger partial charge is 0.204 e. The van der Waals surface area contributed by atoms with Crippen LogP contribution in [-0.2, 0) is 11.3 Å². The predicted octanol–water partition coefficient (Wildman–Crippen LogP) is 3.58. The molecule has 0 radical (unpaired) electrons. The number of nitrogens with zero attached hydrogens (tertiary/aromatic N) is 3. The van der Waals surface area contributed by atoms with Gasteiger partial charge in [0.15, 0.2) is 0 Å². The normalized spacial score (nSPS) is 15.2. The Balaban J connectivity index is 1.58. The fourth-order valence-corrected chi connectivity index (χ4v) is 3.60. The Bertz CT molecular complexity index is 945. The van der Waals surface area contributed by atoms with Crippen LogP contribution in [0.5, 0.6) is 0 Å². The topological polar surface area (TPSA) is 42.3 Å². The number of hydrogen-bond donors (Lipinski definition) is 1. The van der Waals surface area contributed by atoms with Crippen LogP contribution in [0.15, 0.2) is 36.4 Å². The molecule has 0 spiro atoms. The molecule has 1 saturated heterocycles. The third-order valence-corrected chi connectivity index (χ3v) is 5.43. The monoisotopic (exact) mass is 382 g/mol. The van der Waals surface area contributed by atoms with E-state index in [9.17, 15) is 4.39 Å². The Kier molecular flexibility index (Phi) is 5.59. The van der Waals surface area contributed by atoms with Crippen molar-refractivity contribution in [3.8, 4) is 0 Å². The van der Waals surface area contributed by atoms with E-state index in [0.717, 1.165) is 61.9 Å². The van der Waals surface area contributed by atoms with Crippen LogP contribution in [0.4, 0.5) is 10.3 Å². The van der Waals surface area contributed by atoms with E-state index in [0.29, 0.717) is 6.54 Å². The number of rotatable bonds is 6. The van der Waals surface area contributed by atoms with E-state index in [-0.39, 0.29) is 5.82 Å². The zero-order valence-electron chi connectivity index (χ0n) is 16.5. The Morgan fingerprint density at radius 2 is 1.79 bits per heavy atom. The highest BCUT2D eigenvalue weighted by molar-refractivity contribution is 5.80. The molecule has 1 aliphatic rings. The first kappa shape index (κ1) is 18.9. The van der Waals surface area contributed by atoms with Gasteiger partial charge in [-0.2, -0.15) is 0 Å². The van der Waals surface area contributed by atoms with E-state index in [2.05, 4.69) is 40.8 Å². The van der Waals surface area contributed by atoms with Crippen LogP contribution in [0.3, 0.4) is 0 Å². The molecule has 0 saturated carbocycles. The molecule has 1 aromatic heterocycles.